The van der Waals surface area contributed by atoms with Crippen LogP contribution in [-0.4, -0.2) is 57.6 Å². The van der Waals surface area contributed by atoms with Gasteiger partial charge in [-0.3, -0.25) is 9.69 Å². The van der Waals surface area contributed by atoms with Crippen molar-refractivity contribution < 1.29 is 9.53 Å². The van der Waals surface area contributed by atoms with E-state index >= 15 is 0 Å². The molecular formula is C16H20ClN5O2. The van der Waals surface area contributed by atoms with Crippen molar-refractivity contribution in [3.05, 3.63) is 23.7 Å². The smallest absolute Gasteiger partial charge is 0.207 e. The lowest BCUT2D eigenvalue weighted by atomic mass is 10.2. The van der Waals surface area contributed by atoms with E-state index in [1.54, 1.807) is 0 Å². The number of nitrogens with zero attached hydrogens (tertiary/aromatic N) is 4. The number of carbonyl (C=O) groups is 1. The molecule has 128 valence electrons. The molecule has 0 saturated carbocycles. The van der Waals surface area contributed by atoms with Crippen LogP contribution in [0.25, 0.3) is 11.0 Å². The largest absolute Gasteiger partial charge is 0.355 e. The Morgan fingerprint density at radius 1 is 1.38 bits per heavy atom. The first-order valence-corrected chi connectivity index (χ1v) is 8.67. The molecule has 1 amide bonds. The van der Waals surface area contributed by atoms with E-state index in [2.05, 4.69) is 20.2 Å². The minimum absolute atomic E-state index is 0.00929. The normalized spacial score (nSPS) is 27.8. The second-order valence-corrected chi connectivity index (χ2v) is 6.80. The Labute approximate surface area is 144 Å². The summed E-state index contributed by atoms with van der Waals surface area (Å²) in [6.07, 6.45) is 7.43. The molecule has 8 heteroatoms. The minimum atomic E-state index is -0.00929. The maximum Gasteiger partial charge on any atom is 0.207 e. The van der Waals surface area contributed by atoms with E-state index in [4.69, 9.17) is 16.3 Å². The molecule has 2 saturated heterocycles. The van der Waals surface area contributed by atoms with Crippen molar-refractivity contribution in [2.24, 2.45) is 0 Å². The summed E-state index contributed by atoms with van der Waals surface area (Å²) < 4.78 is 8.28. The molecule has 2 aliphatic heterocycles. The Bertz CT molecular complexity index is 736. The second-order valence-electron chi connectivity index (χ2n) is 6.44. The number of aromatic nitrogens is 3. The lowest BCUT2D eigenvalue weighted by molar-refractivity contribution is -0.110. The maximum atomic E-state index is 10.5. The lowest BCUT2D eigenvalue weighted by Gasteiger charge is -2.21. The van der Waals surface area contributed by atoms with Crippen LogP contribution in [0.5, 0.6) is 0 Å². The van der Waals surface area contributed by atoms with Crippen LogP contribution in [0.15, 0.2) is 18.6 Å². The summed E-state index contributed by atoms with van der Waals surface area (Å²) in [6, 6.07) is 2.21. The van der Waals surface area contributed by atoms with Gasteiger partial charge in [-0.05, 0) is 25.3 Å². The van der Waals surface area contributed by atoms with E-state index in [0.29, 0.717) is 5.15 Å². The van der Waals surface area contributed by atoms with Crippen LogP contribution in [0.3, 0.4) is 0 Å². The molecule has 0 spiro atoms. The van der Waals surface area contributed by atoms with Crippen LogP contribution in [0.2, 0.25) is 5.15 Å². The van der Waals surface area contributed by atoms with Crippen molar-refractivity contribution in [1.82, 2.24) is 24.8 Å². The molecule has 2 aromatic heterocycles. The number of halogens is 1. The fourth-order valence-electron chi connectivity index (χ4n) is 3.72. The molecule has 3 atom stereocenters. The van der Waals surface area contributed by atoms with Crippen molar-refractivity contribution in [3.8, 4) is 0 Å². The van der Waals surface area contributed by atoms with Gasteiger partial charge < -0.3 is 14.6 Å². The van der Waals surface area contributed by atoms with Gasteiger partial charge in [-0.1, -0.05) is 11.6 Å². The van der Waals surface area contributed by atoms with E-state index in [9.17, 15) is 4.79 Å². The molecule has 2 aliphatic rings. The van der Waals surface area contributed by atoms with E-state index in [1.807, 2.05) is 16.8 Å². The third-order valence-electron chi connectivity index (χ3n) is 4.89. The van der Waals surface area contributed by atoms with Crippen molar-refractivity contribution >= 4 is 29.0 Å². The molecule has 4 heterocycles. The first-order chi connectivity index (χ1) is 11.7. The number of hydrogen-bond acceptors (Lipinski definition) is 5. The van der Waals surface area contributed by atoms with Crippen molar-refractivity contribution in [2.45, 2.75) is 37.6 Å². The highest BCUT2D eigenvalue weighted by Gasteiger charge is 2.31. The van der Waals surface area contributed by atoms with Gasteiger partial charge in [0, 0.05) is 31.9 Å². The molecule has 24 heavy (non-hydrogen) atoms. The average molecular weight is 350 g/mol. The number of fused-ring (bicyclic) bond motifs is 1. The highest BCUT2D eigenvalue weighted by atomic mass is 35.5. The zero-order valence-corrected chi connectivity index (χ0v) is 14.0. The summed E-state index contributed by atoms with van der Waals surface area (Å²) in [5.41, 5.74) is 0.817. The van der Waals surface area contributed by atoms with Gasteiger partial charge in [0.1, 0.15) is 23.4 Å². The third-order valence-corrected chi connectivity index (χ3v) is 5.20. The summed E-state index contributed by atoms with van der Waals surface area (Å²) in [5.74, 6) is 0. The monoisotopic (exact) mass is 349 g/mol. The molecule has 2 aromatic rings. The van der Waals surface area contributed by atoms with Crippen molar-refractivity contribution in [2.75, 3.05) is 19.6 Å². The number of ether oxygens (including phenoxy) is 1. The van der Waals surface area contributed by atoms with Gasteiger partial charge in [0.05, 0.1) is 11.5 Å². The summed E-state index contributed by atoms with van der Waals surface area (Å²) in [6.45, 7) is 2.81. The van der Waals surface area contributed by atoms with Gasteiger partial charge in [0.25, 0.3) is 0 Å². The van der Waals surface area contributed by atoms with E-state index < -0.39 is 0 Å². The number of amides is 1. The van der Waals surface area contributed by atoms with Gasteiger partial charge in [-0.15, -0.1) is 0 Å². The Morgan fingerprint density at radius 2 is 2.29 bits per heavy atom. The number of hydrogen-bond donors (Lipinski definition) is 1. The number of carbonyl (C=O) groups excluding carboxylic acids is 1. The Morgan fingerprint density at radius 3 is 3.17 bits per heavy atom. The Balaban J connectivity index is 1.39. The van der Waals surface area contributed by atoms with Crippen molar-refractivity contribution in [1.29, 1.82) is 0 Å². The predicted molar refractivity (Wildman–Crippen MR) is 89.7 cm³/mol. The zero-order chi connectivity index (χ0) is 16.5. The first-order valence-electron chi connectivity index (χ1n) is 8.29. The van der Waals surface area contributed by atoms with Crippen LogP contribution in [-0.2, 0) is 9.53 Å². The van der Waals surface area contributed by atoms with E-state index in [-0.39, 0.29) is 18.4 Å². The number of rotatable bonds is 5. The standard InChI is InChI=1S/C16H20ClN5O2/c17-15-13-4-6-22(16(13)19-9-18-15)14-2-1-12(24-14)8-21-5-3-11(7-21)20-10-23/h4,6,9-12,14H,1-3,5,7-8H2,(H,20,23). The summed E-state index contributed by atoms with van der Waals surface area (Å²) in [7, 11) is 0. The molecule has 3 unspecified atom stereocenters. The van der Waals surface area contributed by atoms with Gasteiger partial charge in [0.2, 0.25) is 6.41 Å². The van der Waals surface area contributed by atoms with Crippen LogP contribution in [0.1, 0.15) is 25.5 Å². The van der Waals surface area contributed by atoms with Crippen LogP contribution < -0.4 is 5.32 Å². The third kappa shape index (κ3) is 2.99. The zero-order valence-electron chi connectivity index (χ0n) is 13.3. The molecule has 1 N–H and O–H groups in total. The van der Waals surface area contributed by atoms with Gasteiger partial charge in [-0.2, -0.15) is 0 Å². The molecule has 0 radical (unpaired) electrons. The van der Waals surface area contributed by atoms with Crippen molar-refractivity contribution in [3.63, 3.8) is 0 Å². The Hall–Kier alpha value is -1.70. The topological polar surface area (TPSA) is 72.3 Å². The number of nitrogens with one attached hydrogen (secondary N) is 1. The lowest BCUT2D eigenvalue weighted by Crippen LogP contribution is -2.35. The van der Waals surface area contributed by atoms with E-state index in [0.717, 1.165) is 56.3 Å². The Kier molecular flexibility index (Phi) is 4.39. The molecule has 0 aromatic carbocycles. The minimum Gasteiger partial charge on any atom is -0.355 e. The molecule has 2 fully saturated rings. The molecule has 4 rings (SSSR count). The van der Waals surface area contributed by atoms with Crippen LogP contribution in [0, 0.1) is 0 Å². The van der Waals surface area contributed by atoms with Crippen LogP contribution >= 0.6 is 11.6 Å². The first kappa shape index (κ1) is 15.8. The molecular weight excluding hydrogens is 330 g/mol. The molecule has 0 aliphatic carbocycles. The second kappa shape index (κ2) is 6.66. The number of likely N-dealkylation sites (tertiary alicyclic amines) is 1. The molecule has 7 nitrogen and oxygen atoms in total. The van der Waals surface area contributed by atoms with E-state index in [1.165, 1.54) is 6.33 Å². The van der Waals surface area contributed by atoms with Gasteiger partial charge in [0.15, 0.2) is 0 Å². The fraction of sp³-hybridized carbons (Fsp3) is 0.562. The summed E-state index contributed by atoms with van der Waals surface area (Å²) in [5, 5.41) is 4.19. The predicted octanol–water partition coefficient (Wildman–Crippen LogP) is 1.58. The maximum absolute atomic E-state index is 10.5. The van der Waals surface area contributed by atoms with Crippen LogP contribution in [0.4, 0.5) is 0 Å². The summed E-state index contributed by atoms with van der Waals surface area (Å²) >= 11 is 6.12. The highest BCUT2D eigenvalue weighted by molar-refractivity contribution is 6.33. The fourth-order valence-corrected chi connectivity index (χ4v) is 3.91. The summed E-state index contributed by atoms with van der Waals surface area (Å²) in [4.78, 5) is 21.3. The molecule has 0 bridgehead atoms. The quantitative estimate of drug-likeness (QED) is 0.655. The van der Waals surface area contributed by atoms with Gasteiger partial charge in [-0.25, -0.2) is 9.97 Å². The average Bonchev–Trinajstić information content (AvgIpc) is 3.28. The SMILES string of the molecule is O=CNC1CCN(CC2CCC(n3ccc4c(Cl)ncnc43)O2)C1. The van der Waals surface area contributed by atoms with Gasteiger partial charge >= 0.3 is 0 Å². The highest BCUT2D eigenvalue weighted by Crippen LogP contribution is 2.32.